The quantitative estimate of drug-likeness (QED) is 0.696. The van der Waals surface area contributed by atoms with Crippen LogP contribution >= 0.6 is 0 Å². The maximum absolute atomic E-state index is 12.5. The highest BCUT2D eigenvalue weighted by atomic mass is 16.5. The molecular formula is C24H33N3O2. The van der Waals surface area contributed by atoms with E-state index in [-0.39, 0.29) is 5.91 Å². The number of hydrogen-bond acceptors (Lipinski definition) is 4. The second-order valence-corrected chi connectivity index (χ2v) is 7.68. The summed E-state index contributed by atoms with van der Waals surface area (Å²) in [7, 11) is 2.09. The molecule has 0 saturated carbocycles. The van der Waals surface area contributed by atoms with E-state index >= 15 is 0 Å². The Morgan fingerprint density at radius 3 is 2.41 bits per heavy atom. The van der Waals surface area contributed by atoms with Crippen molar-refractivity contribution in [3.8, 4) is 0 Å². The summed E-state index contributed by atoms with van der Waals surface area (Å²) in [6.45, 7) is 7.97. The number of unbranched alkanes of at least 4 members (excludes halogenated alkanes) is 1. The molecule has 156 valence electrons. The number of morpholine rings is 1. The number of benzene rings is 2. The third-order valence-electron chi connectivity index (χ3n) is 5.45. The van der Waals surface area contributed by atoms with Gasteiger partial charge < -0.3 is 15.0 Å². The minimum Gasteiger partial charge on any atom is -0.379 e. The van der Waals surface area contributed by atoms with Crippen molar-refractivity contribution in [1.29, 1.82) is 0 Å². The zero-order chi connectivity index (χ0) is 20.5. The fraction of sp³-hybridized carbons (Fsp3) is 0.458. The number of amides is 1. The van der Waals surface area contributed by atoms with Crippen molar-refractivity contribution in [1.82, 2.24) is 4.90 Å². The number of carbonyl (C=O) groups excluding carboxylic acids is 1. The summed E-state index contributed by atoms with van der Waals surface area (Å²) in [4.78, 5) is 17.2. The molecule has 0 unspecified atom stereocenters. The third-order valence-corrected chi connectivity index (χ3v) is 5.45. The van der Waals surface area contributed by atoms with Crippen molar-refractivity contribution < 1.29 is 9.53 Å². The molecule has 1 heterocycles. The minimum atomic E-state index is -0.0752. The molecule has 0 aliphatic carbocycles. The van der Waals surface area contributed by atoms with E-state index in [1.165, 1.54) is 18.4 Å². The lowest BCUT2D eigenvalue weighted by molar-refractivity contribution is 0.0384. The maximum Gasteiger partial charge on any atom is 0.255 e. The molecule has 1 amide bonds. The Kier molecular flexibility index (Phi) is 8.08. The Balaban J connectivity index is 1.49. The van der Waals surface area contributed by atoms with Gasteiger partial charge in [0.15, 0.2) is 0 Å². The largest absolute Gasteiger partial charge is 0.379 e. The van der Waals surface area contributed by atoms with Crippen LogP contribution < -0.4 is 10.2 Å². The predicted molar refractivity (Wildman–Crippen MR) is 120 cm³/mol. The van der Waals surface area contributed by atoms with Crippen LogP contribution in [0.4, 0.5) is 11.4 Å². The molecule has 2 aromatic rings. The fourth-order valence-electron chi connectivity index (χ4n) is 3.46. The summed E-state index contributed by atoms with van der Waals surface area (Å²) in [5.74, 6) is -0.0752. The highest BCUT2D eigenvalue weighted by Gasteiger charge is 2.10. The molecule has 1 aliphatic rings. The maximum atomic E-state index is 12.5. The van der Waals surface area contributed by atoms with Gasteiger partial charge in [0.2, 0.25) is 0 Å². The number of nitrogens with one attached hydrogen (secondary N) is 1. The van der Waals surface area contributed by atoms with Crippen LogP contribution in [0.5, 0.6) is 0 Å². The Hall–Kier alpha value is -2.37. The average Bonchev–Trinajstić information content (AvgIpc) is 2.77. The molecule has 0 atom stereocenters. The molecule has 5 nitrogen and oxygen atoms in total. The first-order chi connectivity index (χ1) is 14.2. The second kappa shape index (κ2) is 11.0. The van der Waals surface area contributed by atoms with E-state index in [1.54, 1.807) is 0 Å². The summed E-state index contributed by atoms with van der Waals surface area (Å²) in [5.41, 5.74) is 3.93. The van der Waals surface area contributed by atoms with E-state index < -0.39 is 0 Å². The van der Waals surface area contributed by atoms with Crippen molar-refractivity contribution in [3.63, 3.8) is 0 Å². The molecule has 1 aliphatic heterocycles. The van der Waals surface area contributed by atoms with Gasteiger partial charge in [-0.25, -0.2) is 0 Å². The summed E-state index contributed by atoms with van der Waals surface area (Å²) >= 11 is 0. The SMILES string of the molecule is CCCCN(C)c1ccc(C(=O)Nc2ccc(CCN3CCOCC3)cc2)cc1. The first-order valence-corrected chi connectivity index (χ1v) is 10.7. The number of hydrogen-bond donors (Lipinski definition) is 1. The van der Waals surface area contributed by atoms with Crippen LogP contribution in [0.25, 0.3) is 0 Å². The Bertz CT molecular complexity index is 753. The number of rotatable bonds is 9. The lowest BCUT2D eigenvalue weighted by Gasteiger charge is -2.26. The van der Waals surface area contributed by atoms with Gasteiger partial charge in [0, 0.05) is 50.2 Å². The van der Waals surface area contributed by atoms with Gasteiger partial charge in [-0.1, -0.05) is 25.5 Å². The number of anilines is 2. The number of carbonyl (C=O) groups is 1. The van der Waals surface area contributed by atoms with Gasteiger partial charge in [0.25, 0.3) is 5.91 Å². The van der Waals surface area contributed by atoms with E-state index in [0.29, 0.717) is 5.56 Å². The van der Waals surface area contributed by atoms with Crippen molar-refractivity contribution in [3.05, 3.63) is 59.7 Å². The molecule has 1 N–H and O–H groups in total. The zero-order valence-corrected chi connectivity index (χ0v) is 17.7. The summed E-state index contributed by atoms with van der Waals surface area (Å²) in [6.07, 6.45) is 3.36. The van der Waals surface area contributed by atoms with Crippen LogP contribution in [0.15, 0.2) is 48.5 Å². The number of ether oxygens (including phenoxy) is 1. The first-order valence-electron chi connectivity index (χ1n) is 10.7. The van der Waals surface area contributed by atoms with Crippen molar-refractivity contribution in [2.45, 2.75) is 26.2 Å². The summed E-state index contributed by atoms with van der Waals surface area (Å²) in [6, 6.07) is 16.0. The van der Waals surface area contributed by atoms with Crippen LogP contribution in [0.3, 0.4) is 0 Å². The zero-order valence-electron chi connectivity index (χ0n) is 17.7. The minimum absolute atomic E-state index is 0.0752. The number of nitrogens with zero attached hydrogens (tertiary/aromatic N) is 2. The molecule has 1 saturated heterocycles. The van der Waals surface area contributed by atoms with Crippen molar-refractivity contribution in [2.75, 3.05) is 56.7 Å². The van der Waals surface area contributed by atoms with Crippen molar-refractivity contribution in [2.24, 2.45) is 0 Å². The van der Waals surface area contributed by atoms with Crippen LogP contribution in [0.2, 0.25) is 0 Å². The van der Waals surface area contributed by atoms with Crippen LogP contribution in [0, 0.1) is 0 Å². The van der Waals surface area contributed by atoms with Gasteiger partial charge in [0.1, 0.15) is 0 Å². The lowest BCUT2D eigenvalue weighted by Crippen LogP contribution is -2.37. The predicted octanol–water partition coefficient (Wildman–Crippen LogP) is 4.05. The molecule has 3 rings (SSSR count). The molecule has 1 fully saturated rings. The monoisotopic (exact) mass is 395 g/mol. The van der Waals surface area contributed by atoms with Gasteiger partial charge in [-0.3, -0.25) is 9.69 Å². The highest BCUT2D eigenvalue weighted by Crippen LogP contribution is 2.17. The summed E-state index contributed by atoms with van der Waals surface area (Å²) in [5, 5.41) is 2.99. The third kappa shape index (κ3) is 6.58. The molecule has 29 heavy (non-hydrogen) atoms. The standard InChI is InChI=1S/C24H33N3O2/c1-3-4-14-26(2)23-11-7-21(8-12-23)24(28)25-22-9-5-20(6-10-22)13-15-27-16-18-29-19-17-27/h5-12H,3-4,13-19H2,1-2H3,(H,25,28). The van der Waals surface area contributed by atoms with Gasteiger partial charge in [-0.05, 0) is 54.8 Å². The van der Waals surface area contributed by atoms with Gasteiger partial charge in [-0.2, -0.15) is 0 Å². The fourth-order valence-corrected chi connectivity index (χ4v) is 3.46. The van der Waals surface area contributed by atoms with E-state index in [4.69, 9.17) is 4.74 Å². The van der Waals surface area contributed by atoms with Gasteiger partial charge >= 0.3 is 0 Å². The highest BCUT2D eigenvalue weighted by molar-refractivity contribution is 6.04. The normalized spacial score (nSPS) is 14.6. The van der Waals surface area contributed by atoms with Crippen LogP contribution in [-0.4, -0.2) is 57.2 Å². The van der Waals surface area contributed by atoms with Crippen LogP contribution in [0.1, 0.15) is 35.7 Å². The molecule has 0 aromatic heterocycles. The smallest absolute Gasteiger partial charge is 0.255 e. The second-order valence-electron chi connectivity index (χ2n) is 7.68. The van der Waals surface area contributed by atoms with E-state index in [2.05, 4.69) is 41.2 Å². The lowest BCUT2D eigenvalue weighted by atomic mass is 10.1. The molecule has 0 spiro atoms. The molecule has 0 radical (unpaired) electrons. The Labute approximate surface area is 174 Å². The van der Waals surface area contributed by atoms with E-state index in [9.17, 15) is 4.79 Å². The molecule has 0 bridgehead atoms. The summed E-state index contributed by atoms with van der Waals surface area (Å²) < 4.78 is 5.39. The molecule has 2 aromatic carbocycles. The topological polar surface area (TPSA) is 44.8 Å². The molecule has 5 heteroatoms. The Morgan fingerprint density at radius 2 is 1.76 bits per heavy atom. The van der Waals surface area contributed by atoms with Gasteiger partial charge in [0.05, 0.1) is 13.2 Å². The van der Waals surface area contributed by atoms with Crippen molar-refractivity contribution >= 4 is 17.3 Å². The average molecular weight is 396 g/mol. The Morgan fingerprint density at radius 1 is 1.07 bits per heavy atom. The first kappa shape index (κ1) is 21.3. The van der Waals surface area contributed by atoms with E-state index in [1.807, 2.05) is 36.4 Å². The van der Waals surface area contributed by atoms with Gasteiger partial charge in [-0.15, -0.1) is 0 Å². The van der Waals surface area contributed by atoms with E-state index in [0.717, 1.165) is 57.2 Å². The molecular weight excluding hydrogens is 362 g/mol. The van der Waals surface area contributed by atoms with Crippen LogP contribution in [-0.2, 0) is 11.2 Å².